The zero-order chi connectivity index (χ0) is 23.4. The molecule has 0 aliphatic carbocycles. The first kappa shape index (κ1) is 22.0. The predicted molar refractivity (Wildman–Crippen MR) is 117 cm³/mol. The maximum atomic E-state index is 13.4. The fourth-order valence-corrected chi connectivity index (χ4v) is 3.79. The van der Waals surface area contributed by atoms with Crippen molar-refractivity contribution < 1.29 is 28.8 Å². The van der Waals surface area contributed by atoms with Gasteiger partial charge >= 0.3 is 0 Å². The summed E-state index contributed by atoms with van der Waals surface area (Å²) in [4.78, 5) is 30.4. The molecule has 0 bridgehead atoms. The molecule has 1 unspecified atom stereocenters. The van der Waals surface area contributed by atoms with E-state index in [0.29, 0.717) is 11.3 Å². The van der Waals surface area contributed by atoms with Crippen LogP contribution in [0.2, 0.25) is 0 Å². The minimum atomic E-state index is -0.921. The molecule has 3 aromatic rings. The van der Waals surface area contributed by atoms with Crippen molar-refractivity contribution in [1.82, 2.24) is 4.90 Å². The molecule has 33 heavy (non-hydrogen) atoms. The third-order valence-electron chi connectivity index (χ3n) is 5.30. The Hall–Kier alpha value is -4.26. The third kappa shape index (κ3) is 4.52. The average molecular weight is 444 g/mol. The Morgan fingerprint density at radius 2 is 1.94 bits per heavy atom. The second kappa shape index (κ2) is 9.48. The monoisotopic (exact) mass is 444 g/mol. The standard InChI is InChI=1S/C26H21FN2O4/c1-2-13-33-21-7-3-6-19(14-21)23-22(24(30)18-8-10-20(27)11-9-18)25(31)26(32)29(23)16-17-5-4-12-28-15-17/h2-12,14-15,23,30H,1,13,16H2. The van der Waals surface area contributed by atoms with Crippen LogP contribution in [0, 0.1) is 5.82 Å². The van der Waals surface area contributed by atoms with Crippen molar-refractivity contribution in [3.63, 3.8) is 0 Å². The van der Waals surface area contributed by atoms with Crippen molar-refractivity contribution in [2.75, 3.05) is 6.61 Å². The summed E-state index contributed by atoms with van der Waals surface area (Å²) in [7, 11) is 0. The number of nitrogens with zero attached hydrogens (tertiary/aromatic N) is 1. The molecule has 6 nitrogen and oxygen atoms in total. The van der Waals surface area contributed by atoms with Gasteiger partial charge in [0.2, 0.25) is 5.78 Å². The molecule has 1 saturated heterocycles. The zero-order valence-corrected chi connectivity index (χ0v) is 17.7. The van der Waals surface area contributed by atoms with Gasteiger partial charge in [0, 0.05) is 17.2 Å². The van der Waals surface area contributed by atoms with Crippen LogP contribution in [-0.2, 0) is 16.1 Å². The first-order valence-electron chi connectivity index (χ1n) is 10.3. The minimum absolute atomic E-state index is 0.116. The summed E-state index contributed by atoms with van der Waals surface area (Å²) in [6, 6.07) is 14.5. The summed E-state index contributed by atoms with van der Waals surface area (Å²) in [6.07, 6.45) is 5.05. The third-order valence-corrected chi connectivity index (χ3v) is 5.30. The molecular formula is C26H21FN2O4. The van der Waals surface area contributed by atoms with Gasteiger partial charge in [-0.3, -0.25) is 9.59 Å². The van der Waals surface area contributed by atoms with Crippen molar-refractivity contribution in [2.24, 2.45) is 0 Å². The molecule has 1 aliphatic rings. The number of ketones is 1. The van der Waals surface area contributed by atoms with Crippen molar-refractivity contribution >= 4 is 17.4 Å². The molecule has 2 aromatic carbocycles. The SMILES string of the molecule is C=CCOc1cccc(C2C(=C([O-])c3ccc(F)cc3)C(=O)C(=O)N2Cc2ccc[nH+]c2)c1. The normalized spacial score (nSPS) is 17.2. The highest BCUT2D eigenvalue weighted by Crippen LogP contribution is 2.40. The number of likely N-dealkylation sites (tertiary alicyclic amines) is 1. The van der Waals surface area contributed by atoms with Gasteiger partial charge in [0.05, 0.1) is 12.6 Å². The summed E-state index contributed by atoms with van der Waals surface area (Å²) < 4.78 is 19.0. The number of nitrogens with one attached hydrogen (secondary N) is 1. The minimum Gasteiger partial charge on any atom is -0.872 e. The number of pyridine rings is 1. The molecule has 4 rings (SSSR count). The number of rotatable bonds is 7. The summed E-state index contributed by atoms with van der Waals surface area (Å²) >= 11 is 0. The molecule has 7 heteroatoms. The van der Waals surface area contributed by atoms with Crippen LogP contribution in [0.5, 0.6) is 5.75 Å². The number of carbonyl (C=O) groups excluding carboxylic acids is 2. The average Bonchev–Trinajstić information content (AvgIpc) is 3.08. The van der Waals surface area contributed by atoms with Gasteiger partial charge in [-0.15, -0.1) is 0 Å². The highest BCUT2D eigenvalue weighted by atomic mass is 19.1. The Kier molecular flexibility index (Phi) is 6.31. The van der Waals surface area contributed by atoms with Gasteiger partial charge in [0.1, 0.15) is 18.2 Å². The van der Waals surface area contributed by atoms with E-state index >= 15 is 0 Å². The lowest BCUT2D eigenvalue weighted by atomic mass is 9.95. The number of amides is 1. The van der Waals surface area contributed by atoms with Gasteiger partial charge in [-0.2, -0.15) is 0 Å². The first-order valence-corrected chi connectivity index (χ1v) is 10.3. The molecule has 2 heterocycles. The van der Waals surface area contributed by atoms with Crippen LogP contribution in [0.15, 0.2) is 91.3 Å². The van der Waals surface area contributed by atoms with Gasteiger partial charge in [0.15, 0.2) is 12.4 Å². The Morgan fingerprint density at radius 3 is 2.64 bits per heavy atom. The largest absolute Gasteiger partial charge is 0.872 e. The van der Waals surface area contributed by atoms with Crippen molar-refractivity contribution in [3.05, 3.63) is 114 Å². The maximum Gasteiger partial charge on any atom is 0.295 e. The number of H-pyrrole nitrogens is 1. The zero-order valence-electron chi connectivity index (χ0n) is 17.7. The Morgan fingerprint density at radius 1 is 1.15 bits per heavy atom. The molecule has 0 spiro atoms. The van der Waals surface area contributed by atoms with Gasteiger partial charge in [-0.1, -0.05) is 42.7 Å². The summed E-state index contributed by atoms with van der Waals surface area (Å²) in [5.74, 6) is -2.24. The number of hydrogen-bond acceptors (Lipinski definition) is 4. The maximum absolute atomic E-state index is 13.4. The molecular weight excluding hydrogens is 423 g/mol. The summed E-state index contributed by atoms with van der Waals surface area (Å²) in [5, 5.41) is 13.3. The van der Waals surface area contributed by atoms with Crippen LogP contribution in [0.25, 0.3) is 5.76 Å². The molecule has 0 saturated carbocycles. The van der Waals surface area contributed by atoms with Crippen LogP contribution >= 0.6 is 0 Å². The molecule has 1 aliphatic heterocycles. The first-order chi connectivity index (χ1) is 16.0. The number of Topliss-reactive ketones (excluding diaryl/α,β-unsaturated/α-hetero) is 1. The van der Waals surface area contributed by atoms with E-state index in [4.69, 9.17) is 4.74 Å². The van der Waals surface area contributed by atoms with Crippen LogP contribution in [0.4, 0.5) is 4.39 Å². The summed E-state index contributed by atoms with van der Waals surface area (Å²) in [6.45, 7) is 4.02. The lowest BCUT2D eigenvalue weighted by Crippen LogP contribution is -2.29. The molecule has 0 radical (unpaired) electrons. The Labute approximate surface area is 190 Å². The van der Waals surface area contributed by atoms with Gasteiger partial charge in [-0.05, 0) is 41.5 Å². The van der Waals surface area contributed by atoms with E-state index in [1.54, 1.807) is 48.8 Å². The van der Waals surface area contributed by atoms with Gasteiger partial charge in [-0.25, -0.2) is 9.37 Å². The van der Waals surface area contributed by atoms with E-state index < -0.39 is 29.3 Å². The van der Waals surface area contributed by atoms with E-state index in [-0.39, 0.29) is 24.3 Å². The van der Waals surface area contributed by atoms with Crippen molar-refractivity contribution in [2.45, 2.75) is 12.6 Å². The predicted octanol–water partition coefficient (Wildman–Crippen LogP) is 2.63. The highest BCUT2D eigenvalue weighted by Gasteiger charge is 2.44. The Balaban J connectivity index is 1.84. The van der Waals surface area contributed by atoms with E-state index in [0.717, 1.165) is 17.7 Å². The lowest BCUT2D eigenvalue weighted by Gasteiger charge is -2.27. The second-order valence-electron chi connectivity index (χ2n) is 7.50. The van der Waals surface area contributed by atoms with Crippen LogP contribution in [0.3, 0.4) is 0 Å². The fourth-order valence-electron chi connectivity index (χ4n) is 3.79. The second-order valence-corrected chi connectivity index (χ2v) is 7.50. The van der Waals surface area contributed by atoms with Crippen LogP contribution < -0.4 is 14.8 Å². The fraction of sp³-hybridized carbons (Fsp3) is 0.115. The van der Waals surface area contributed by atoms with E-state index in [1.807, 2.05) is 6.07 Å². The highest BCUT2D eigenvalue weighted by molar-refractivity contribution is 6.46. The van der Waals surface area contributed by atoms with E-state index in [9.17, 15) is 19.1 Å². The molecule has 1 amide bonds. The topological polar surface area (TPSA) is 83.8 Å². The van der Waals surface area contributed by atoms with Crippen molar-refractivity contribution in [3.8, 4) is 5.75 Å². The number of benzene rings is 2. The van der Waals surface area contributed by atoms with Crippen LogP contribution in [-0.4, -0.2) is 23.2 Å². The number of ether oxygens (including phenoxy) is 1. The van der Waals surface area contributed by atoms with Gasteiger partial charge in [0.25, 0.3) is 5.91 Å². The van der Waals surface area contributed by atoms with Crippen LogP contribution in [0.1, 0.15) is 22.7 Å². The summed E-state index contributed by atoms with van der Waals surface area (Å²) in [5.41, 5.74) is 1.28. The molecule has 1 aromatic heterocycles. The van der Waals surface area contributed by atoms with E-state index in [1.165, 1.54) is 17.0 Å². The number of aromatic nitrogens is 1. The smallest absolute Gasteiger partial charge is 0.295 e. The molecule has 166 valence electrons. The number of carbonyl (C=O) groups is 2. The molecule has 1 fully saturated rings. The van der Waals surface area contributed by atoms with E-state index in [2.05, 4.69) is 11.6 Å². The quantitative estimate of drug-likeness (QED) is 0.243. The van der Waals surface area contributed by atoms with Gasteiger partial charge < -0.3 is 14.7 Å². The number of aromatic amines is 1. The molecule has 1 N–H and O–H groups in total. The number of hydrogen-bond donors (Lipinski definition) is 0. The number of halogens is 1. The lowest BCUT2D eigenvalue weighted by molar-refractivity contribution is -0.378. The Bertz CT molecular complexity index is 1220. The van der Waals surface area contributed by atoms with Crippen molar-refractivity contribution in [1.29, 1.82) is 0 Å². The molecule has 1 atom stereocenters.